The van der Waals surface area contributed by atoms with E-state index < -0.39 is 0 Å². The standard InChI is InChI=1S/C23H26O4/c24-19-12-14-5-4-8-16(11-14)22(27-23(25)15-6-2-1-3-7-15)21-17(19)9-10-20-18(21)13-26-20/h1-3,5-7,16-18,20-22H,4,8-13H2. The van der Waals surface area contributed by atoms with E-state index in [-0.39, 0.29) is 30.0 Å². The zero-order valence-electron chi connectivity index (χ0n) is 15.5. The lowest BCUT2D eigenvalue weighted by Gasteiger charge is -2.53. The van der Waals surface area contributed by atoms with Gasteiger partial charge in [0.05, 0.1) is 18.3 Å². The first-order valence-electron chi connectivity index (χ1n) is 10.3. The first kappa shape index (κ1) is 17.2. The maximum Gasteiger partial charge on any atom is 0.338 e. The van der Waals surface area contributed by atoms with Gasteiger partial charge in [-0.1, -0.05) is 29.8 Å². The van der Waals surface area contributed by atoms with Gasteiger partial charge >= 0.3 is 5.97 Å². The SMILES string of the molecule is O=C(OC1C2CCC=C(CC(=O)C3CCC4OCC4C31)C2)c1ccccc1. The third-order valence-corrected chi connectivity index (χ3v) is 7.11. The number of rotatable bonds is 2. The molecule has 27 heavy (non-hydrogen) atoms. The lowest BCUT2D eigenvalue weighted by molar-refractivity contribution is -0.199. The fourth-order valence-electron chi connectivity index (χ4n) is 5.74. The second kappa shape index (κ2) is 6.90. The molecule has 0 amide bonds. The Morgan fingerprint density at radius 2 is 1.96 bits per heavy atom. The molecule has 142 valence electrons. The van der Waals surface area contributed by atoms with Crippen LogP contribution in [0.2, 0.25) is 0 Å². The third kappa shape index (κ3) is 3.04. The van der Waals surface area contributed by atoms with Gasteiger partial charge in [-0.15, -0.1) is 0 Å². The second-order valence-electron chi connectivity index (χ2n) is 8.58. The summed E-state index contributed by atoms with van der Waals surface area (Å²) >= 11 is 0. The number of allylic oxidation sites excluding steroid dienone is 2. The molecular formula is C23H26O4. The summed E-state index contributed by atoms with van der Waals surface area (Å²) in [5.74, 6) is 0.880. The van der Waals surface area contributed by atoms with Gasteiger partial charge in [0.1, 0.15) is 11.9 Å². The number of benzene rings is 1. The number of carbonyl (C=O) groups excluding carboxylic acids is 2. The summed E-state index contributed by atoms with van der Waals surface area (Å²) in [5.41, 5.74) is 1.84. The van der Waals surface area contributed by atoms with Crippen LogP contribution >= 0.6 is 0 Å². The number of fused-ring (bicyclic) bond motifs is 5. The Hall–Kier alpha value is -1.94. The molecule has 3 aliphatic carbocycles. The van der Waals surface area contributed by atoms with Crippen molar-refractivity contribution >= 4 is 11.8 Å². The first-order valence-corrected chi connectivity index (χ1v) is 10.3. The quantitative estimate of drug-likeness (QED) is 0.587. The predicted octanol–water partition coefficient (Wildman–Crippen LogP) is 3.95. The highest BCUT2D eigenvalue weighted by atomic mass is 16.5. The molecule has 1 saturated heterocycles. The molecule has 1 heterocycles. The Kier molecular flexibility index (Phi) is 4.39. The summed E-state index contributed by atoms with van der Waals surface area (Å²) in [6.45, 7) is 0.702. The molecule has 0 N–H and O–H groups in total. The van der Waals surface area contributed by atoms with E-state index in [0.29, 0.717) is 36.2 Å². The highest BCUT2D eigenvalue weighted by Gasteiger charge is 2.54. The highest BCUT2D eigenvalue weighted by Crippen LogP contribution is 2.50. The molecule has 4 aliphatic rings. The number of esters is 1. The molecule has 6 unspecified atom stereocenters. The summed E-state index contributed by atoms with van der Waals surface area (Å²) in [6.07, 6.45) is 7.62. The van der Waals surface area contributed by atoms with Crippen LogP contribution in [-0.4, -0.2) is 30.6 Å². The Morgan fingerprint density at radius 3 is 2.74 bits per heavy atom. The summed E-state index contributed by atoms with van der Waals surface area (Å²) in [6, 6.07) is 9.22. The average molecular weight is 366 g/mol. The molecule has 0 spiro atoms. The molecular weight excluding hydrogens is 340 g/mol. The van der Waals surface area contributed by atoms with E-state index in [2.05, 4.69) is 6.08 Å². The first-order chi connectivity index (χ1) is 13.2. The van der Waals surface area contributed by atoms with Crippen LogP contribution in [0.3, 0.4) is 0 Å². The third-order valence-electron chi connectivity index (χ3n) is 7.11. The van der Waals surface area contributed by atoms with E-state index in [4.69, 9.17) is 9.47 Å². The van der Waals surface area contributed by atoms with E-state index in [1.807, 2.05) is 18.2 Å². The highest BCUT2D eigenvalue weighted by molar-refractivity contribution is 5.89. The molecule has 0 radical (unpaired) electrons. The van der Waals surface area contributed by atoms with Crippen LogP contribution in [0.4, 0.5) is 0 Å². The Bertz CT molecular complexity index is 768. The van der Waals surface area contributed by atoms with Crippen molar-refractivity contribution in [3.63, 3.8) is 0 Å². The van der Waals surface area contributed by atoms with Gasteiger partial charge in [-0.2, -0.15) is 0 Å². The number of carbonyl (C=O) groups is 2. The largest absolute Gasteiger partial charge is 0.458 e. The fourth-order valence-corrected chi connectivity index (χ4v) is 5.74. The topological polar surface area (TPSA) is 52.6 Å². The van der Waals surface area contributed by atoms with Crippen molar-refractivity contribution in [1.82, 2.24) is 0 Å². The van der Waals surface area contributed by atoms with Gasteiger partial charge in [-0.3, -0.25) is 4.79 Å². The summed E-state index contributed by atoms with van der Waals surface area (Å²) < 4.78 is 12.0. The van der Waals surface area contributed by atoms with Gasteiger partial charge in [-0.05, 0) is 44.2 Å². The van der Waals surface area contributed by atoms with Crippen LogP contribution < -0.4 is 0 Å². The summed E-state index contributed by atoms with van der Waals surface area (Å²) in [5, 5.41) is 0. The van der Waals surface area contributed by atoms with Gasteiger partial charge < -0.3 is 9.47 Å². The van der Waals surface area contributed by atoms with Gasteiger partial charge in [0.15, 0.2) is 0 Å². The molecule has 5 rings (SSSR count). The zero-order valence-corrected chi connectivity index (χ0v) is 15.5. The number of hydrogen-bond acceptors (Lipinski definition) is 4. The maximum atomic E-state index is 13.1. The number of Topliss-reactive ketones (excluding diaryl/α,β-unsaturated/α-hetero) is 1. The average Bonchev–Trinajstić information content (AvgIpc) is 2.67. The van der Waals surface area contributed by atoms with Gasteiger partial charge in [0.25, 0.3) is 0 Å². The van der Waals surface area contributed by atoms with Crippen molar-refractivity contribution in [1.29, 1.82) is 0 Å². The summed E-state index contributed by atoms with van der Waals surface area (Å²) in [7, 11) is 0. The lowest BCUT2D eigenvalue weighted by atomic mass is 9.59. The maximum absolute atomic E-state index is 13.1. The number of ketones is 1. The van der Waals surface area contributed by atoms with E-state index >= 15 is 0 Å². The minimum atomic E-state index is -0.258. The molecule has 4 nitrogen and oxygen atoms in total. The lowest BCUT2D eigenvalue weighted by Crippen LogP contribution is -2.58. The molecule has 2 bridgehead atoms. The molecule has 2 saturated carbocycles. The fraction of sp³-hybridized carbons (Fsp3) is 0.565. The van der Waals surface area contributed by atoms with Crippen molar-refractivity contribution in [2.45, 2.75) is 50.7 Å². The predicted molar refractivity (Wildman–Crippen MR) is 100 cm³/mol. The molecule has 1 aliphatic heterocycles. The van der Waals surface area contributed by atoms with Crippen LogP contribution in [0.25, 0.3) is 0 Å². The molecule has 1 aromatic rings. The summed E-state index contributed by atoms with van der Waals surface area (Å²) in [4.78, 5) is 25.9. The Labute approximate surface area is 159 Å². The normalized spacial score (nSPS) is 37.6. The van der Waals surface area contributed by atoms with Gasteiger partial charge in [0, 0.05) is 30.1 Å². The molecule has 6 atom stereocenters. The van der Waals surface area contributed by atoms with Crippen LogP contribution in [0.1, 0.15) is 48.9 Å². The van der Waals surface area contributed by atoms with Gasteiger partial charge in [-0.25, -0.2) is 4.79 Å². The second-order valence-corrected chi connectivity index (χ2v) is 8.58. The minimum absolute atomic E-state index is 0.00743. The van der Waals surface area contributed by atoms with Crippen molar-refractivity contribution in [3.05, 3.63) is 47.5 Å². The molecule has 0 aromatic heterocycles. The van der Waals surface area contributed by atoms with Crippen LogP contribution in [0.5, 0.6) is 0 Å². The molecule has 4 heteroatoms. The van der Waals surface area contributed by atoms with E-state index in [0.717, 1.165) is 32.1 Å². The van der Waals surface area contributed by atoms with E-state index in [9.17, 15) is 9.59 Å². The van der Waals surface area contributed by atoms with Crippen LogP contribution in [0, 0.1) is 23.7 Å². The van der Waals surface area contributed by atoms with Crippen LogP contribution in [0.15, 0.2) is 42.0 Å². The Morgan fingerprint density at radius 1 is 1.11 bits per heavy atom. The smallest absolute Gasteiger partial charge is 0.338 e. The van der Waals surface area contributed by atoms with Crippen molar-refractivity contribution in [2.75, 3.05) is 6.61 Å². The number of ether oxygens (including phenoxy) is 2. The Balaban J connectivity index is 1.49. The number of hydrogen-bond donors (Lipinski definition) is 0. The minimum Gasteiger partial charge on any atom is -0.458 e. The monoisotopic (exact) mass is 366 g/mol. The van der Waals surface area contributed by atoms with E-state index in [1.165, 1.54) is 5.57 Å². The van der Waals surface area contributed by atoms with Gasteiger partial charge in [0.2, 0.25) is 0 Å². The molecule has 1 aromatic carbocycles. The van der Waals surface area contributed by atoms with Crippen molar-refractivity contribution in [3.8, 4) is 0 Å². The molecule has 3 fully saturated rings. The van der Waals surface area contributed by atoms with Crippen molar-refractivity contribution in [2.24, 2.45) is 23.7 Å². The van der Waals surface area contributed by atoms with Crippen LogP contribution in [-0.2, 0) is 14.3 Å². The van der Waals surface area contributed by atoms with Crippen molar-refractivity contribution < 1.29 is 19.1 Å². The van der Waals surface area contributed by atoms with E-state index in [1.54, 1.807) is 12.1 Å². The zero-order chi connectivity index (χ0) is 18.4.